The Labute approximate surface area is 190 Å². The summed E-state index contributed by atoms with van der Waals surface area (Å²) in [6, 6.07) is 22.0. The Balaban J connectivity index is 1.73. The Morgan fingerprint density at radius 1 is 0.719 bits per heavy atom. The van der Waals surface area contributed by atoms with Gasteiger partial charge in [-0.3, -0.25) is 0 Å². The molecule has 3 aromatic heterocycles. The van der Waals surface area contributed by atoms with Gasteiger partial charge in [0.2, 0.25) is 0 Å². The molecule has 0 aliphatic rings. The summed E-state index contributed by atoms with van der Waals surface area (Å²) < 4.78 is 3.61. The summed E-state index contributed by atoms with van der Waals surface area (Å²) in [7, 11) is 0. The van der Waals surface area contributed by atoms with Crippen LogP contribution < -0.4 is 11.5 Å². The molecule has 0 unspecified atom stereocenters. The third kappa shape index (κ3) is 3.27. The van der Waals surface area contributed by atoms with Crippen molar-refractivity contribution < 1.29 is 0 Å². The number of hydrogen-bond donors (Lipinski definition) is 2. The molecule has 0 bridgehead atoms. The van der Waals surface area contributed by atoms with Gasteiger partial charge in [0, 0.05) is 17.0 Å². The van der Waals surface area contributed by atoms with Crippen LogP contribution in [0.2, 0.25) is 0 Å². The number of nitrogen functional groups attached to an aromatic ring is 2. The average Bonchev–Trinajstić information content (AvgIpc) is 3.52. The maximum absolute atomic E-state index is 6.73. The fourth-order valence-electron chi connectivity index (χ4n) is 4.28. The van der Waals surface area contributed by atoms with Crippen molar-refractivity contribution in [2.75, 3.05) is 11.5 Å². The van der Waals surface area contributed by atoms with Gasteiger partial charge in [0.15, 0.2) is 0 Å². The molecule has 160 valence electrons. The molecule has 0 amide bonds. The van der Waals surface area contributed by atoms with Crippen LogP contribution in [0.3, 0.4) is 0 Å². The number of rotatable bonds is 5. The molecule has 0 radical (unpaired) electrons. The van der Waals surface area contributed by atoms with Gasteiger partial charge in [0.05, 0.1) is 22.8 Å². The normalized spacial score (nSPS) is 11.3. The maximum atomic E-state index is 6.73. The van der Waals surface area contributed by atoms with Crippen LogP contribution in [0.1, 0.15) is 34.0 Å². The smallest absolute Gasteiger partial charge is 0.131 e. The highest BCUT2D eigenvalue weighted by molar-refractivity contribution is 7.08. The van der Waals surface area contributed by atoms with Crippen molar-refractivity contribution in [2.24, 2.45) is 0 Å². The minimum Gasteiger partial charge on any atom is -0.383 e. The molecule has 4 N–H and O–H groups in total. The monoisotopic (exact) mass is 440 g/mol. The first-order valence-corrected chi connectivity index (χ1v) is 11.3. The van der Waals surface area contributed by atoms with Gasteiger partial charge in [0.25, 0.3) is 0 Å². The molecule has 7 heteroatoms. The Hall–Kier alpha value is -3.84. The van der Waals surface area contributed by atoms with Gasteiger partial charge in [-0.25, -0.2) is 9.36 Å². The summed E-state index contributed by atoms with van der Waals surface area (Å²) in [5.41, 5.74) is 20.1. The molecular weight excluding hydrogens is 416 g/mol. The van der Waals surface area contributed by atoms with Gasteiger partial charge in [-0.15, -0.1) is 0 Å². The van der Waals surface area contributed by atoms with Crippen LogP contribution in [0.5, 0.6) is 0 Å². The minimum atomic E-state index is -0.170. The highest BCUT2D eigenvalue weighted by Gasteiger charge is 2.31. The summed E-state index contributed by atoms with van der Waals surface area (Å²) in [6.45, 7) is 4.00. The largest absolute Gasteiger partial charge is 0.383 e. The predicted molar refractivity (Wildman–Crippen MR) is 131 cm³/mol. The Morgan fingerprint density at radius 2 is 1.19 bits per heavy atom. The first kappa shape index (κ1) is 20.1. The molecule has 0 aliphatic carbocycles. The number of anilines is 2. The molecular formula is C25H24N6S. The first-order valence-electron chi connectivity index (χ1n) is 10.4. The van der Waals surface area contributed by atoms with E-state index in [-0.39, 0.29) is 5.92 Å². The summed E-state index contributed by atoms with van der Waals surface area (Å²) >= 11 is 1.65. The second-order valence-electron chi connectivity index (χ2n) is 7.75. The number of thiophene rings is 1. The van der Waals surface area contributed by atoms with Gasteiger partial charge < -0.3 is 11.5 Å². The lowest BCUT2D eigenvalue weighted by atomic mass is 9.86. The summed E-state index contributed by atoms with van der Waals surface area (Å²) in [5, 5.41) is 13.8. The highest BCUT2D eigenvalue weighted by atomic mass is 32.1. The van der Waals surface area contributed by atoms with Crippen LogP contribution in [0.25, 0.3) is 11.4 Å². The molecule has 0 saturated heterocycles. The van der Waals surface area contributed by atoms with E-state index < -0.39 is 0 Å². The minimum absolute atomic E-state index is 0.170. The van der Waals surface area contributed by atoms with E-state index in [9.17, 15) is 0 Å². The Bertz CT molecular complexity index is 1260. The van der Waals surface area contributed by atoms with E-state index in [1.165, 1.54) is 0 Å². The van der Waals surface area contributed by atoms with E-state index in [4.69, 9.17) is 21.7 Å². The zero-order valence-electron chi connectivity index (χ0n) is 17.9. The fourth-order valence-corrected chi connectivity index (χ4v) is 4.96. The highest BCUT2D eigenvalue weighted by Crippen LogP contribution is 2.42. The van der Waals surface area contributed by atoms with Crippen molar-refractivity contribution in [3.63, 3.8) is 0 Å². The number of nitrogens with zero attached hydrogens (tertiary/aromatic N) is 4. The lowest BCUT2D eigenvalue weighted by molar-refractivity contribution is 0.871. The first-order chi connectivity index (χ1) is 15.6. The summed E-state index contributed by atoms with van der Waals surface area (Å²) in [5.74, 6) is 1.04. The van der Waals surface area contributed by atoms with E-state index in [1.807, 2.05) is 74.5 Å². The van der Waals surface area contributed by atoms with Crippen LogP contribution in [0, 0.1) is 13.8 Å². The number of aromatic nitrogens is 4. The average molecular weight is 441 g/mol. The second-order valence-corrected chi connectivity index (χ2v) is 8.53. The quantitative estimate of drug-likeness (QED) is 0.399. The number of benzene rings is 2. The lowest BCUT2D eigenvalue weighted by Gasteiger charge is -2.18. The van der Waals surface area contributed by atoms with Crippen LogP contribution in [-0.2, 0) is 0 Å². The zero-order chi connectivity index (χ0) is 22.2. The van der Waals surface area contributed by atoms with Crippen LogP contribution in [0.4, 0.5) is 11.6 Å². The lowest BCUT2D eigenvalue weighted by Crippen LogP contribution is -2.11. The van der Waals surface area contributed by atoms with Crippen molar-refractivity contribution in [3.8, 4) is 11.4 Å². The second kappa shape index (κ2) is 8.01. The van der Waals surface area contributed by atoms with Crippen molar-refractivity contribution >= 4 is 23.0 Å². The molecule has 5 rings (SSSR count). The number of para-hydroxylation sites is 2. The molecule has 3 heterocycles. The van der Waals surface area contributed by atoms with Crippen LogP contribution in [0.15, 0.2) is 77.5 Å². The fraction of sp³-hybridized carbons (Fsp3) is 0.120. The molecule has 0 spiro atoms. The van der Waals surface area contributed by atoms with E-state index in [0.29, 0.717) is 11.6 Å². The van der Waals surface area contributed by atoms with Crippen LogP contribution >= 0.6 is 11.3 Å². The van der Waals surface area contributed by atoms with Crippen molar-refractivity contribution in [2.45, 2.75) is 19.8 Å². The number of hydrogen-bond acceptors (Lipinski definition) is 5. The zero-order valence-corrected chi connectivity index (χ0v) is 18.8. The van der Waals surface area contributed by atoms with E-state index >= 15 is 0 Å². The standard InChI is InChI=1S/C25H24N6S/c1-16-21(24(26)30(28-16)19-9-5-3-6-10-19)23(18-13-14-32-15-18)22-17(2)29-31(25(22)27)20-11-7-4-8-12-20/h3-15,23H,26-27H2,1-2H3. The molecule has 0 atom stereocenters. The maximum Gasteiger partial charge on any atom is 0.131 e. The number of aryl methyl sites for hydroxylation is 2. The van der Waals surface area contributed by atoms with Crippen molar-refractivity contribution in [1.82, 2.24) is 19.6 Å². The predicted octanol–water partition coefficient (Wildman–Crippen LogP) is 5.08. The Morgan fingerprint density at radius 3 is 1.59 bits per heavy atom. The molecule has 0 saturated carbocycles. The summed E-state index contributed by atoms with van der Waals surface area (Å²) in [4.78, 5) is 0. The topological polar surface area (TPSA) is 87.7 Å². The van der Waals surface area contributed by atoms with Gasteiger partial charge >= 0.3 is 0 Å². The summed E-state index contributed by atoms with van der Waals surface area (Å²) in [6.07, 6.45) is 0. The Kier molecular flexibility index (Phi) is 5.03. The SMILES string of the molecule is Cc1nn(-c2ccccc2)c(N)c1C(c1ccsc1)c1c(C)nn(-c2ccccc2)c1N. The third-order valence-corrected chi connectivity index (χ3v) is 6.44. The number of nitrogens with two attached hydrogens (primary N) is 2. The van der Waals surface area contributed by atoms with Gasteiger partial charge in [-0.05, 0) is 60.5 Å². The molecule has 6 nitrogen and oxygen atoms in total. The third-order valence-electron chi connectivity index (χ3n) is 5.74. The van der Waals surface area contributed by atoms with Crippen LogP contribution in [-0.4, -0.2) is 19.6 Å². The van der Waals surface area contributed by atoms with Gasteiger partial charge in [-0.2, -0.15) is 21.5 Å². The molecule has 0 aliphatic heterocycles. The molecule has 2 aromatic carbocycles. The molecule has 32 heavy (non-hydrogen) atoms. The van der Waals surface area contributed by atoms with E-state index in [2.05, 4.69) is 16.8 Å². The molecule has 0 fully saturated rings. The van der Waals surface area contributed by atoms with Crippen molar-refractivity contribution in [3.05, 3.63) is 106 Å². The van der Waals surface area contributed by atoms with Gasteiger partial charge in [-0.1, -0.05) is 36.4 Å². The molecule has 5 aromatic rings. The van der Waals surface area contributed by atoms with E-state index in [0.717, 1.165) is 39.5 Å². The van der Waals surface area contributed by atoms with E-state index in [1.54, 1.807) is 20.7 Å². The van der Waals surface area contributed by atoms with Crippen molar-refractivity contribution in [1.29, 1.82) is 0 Å². The van der Waals surface area contributed by atoms with Gasteiger partial charge in [0.1, 0.15) is 11.6 Å².